The van der Waals surface area contributed by atoms with Crippen LogP contribution in [0.25, 0.3) is 0 Å². The predicted octanol–water partition coefficient (Wildman–Crippen LogP) is 2.10. The fraction of sp³-hybridized carbons (Fsp3) is 0.273. The summed E-state index contributed by atoms with van der Waals surface area (Å²) in [5, 5.41) is 8.52. The molecule has 0 N–H and O–H groups in total. The lowest BCUT2D eigenvalue weighted by molar-refractivity contribution is 0.0593. The quantitative estimate of drug-likeness (QED) is 0.593. The number of carbonyl (C=O) groups excluding carboxylic acids is 1. The van der Waals surface area contributed by atoms with Crippen molar-refractivity contribution < 1.29 is 14.3 Å². The maximum Gasteiger partial charge on any atom is 0.342 e. The summed E-state index contributed by atoms with van der Waals surface area (Å²) < 4.78 is 9.78. The van der Waals surface area contributed by atoms with Gasteiger partial charge in [-0.15, -0.1) is 11.8 Å². The lowest BCUT2D eigenvalue weighted by Crippen LogP contribution is -2.06. The Kier molecular flexibility index (Phi) is 4.67. The summed E-state index contributed by atoms with van der Waals surface area (Å²) in [6, 6.07) is 7.22. The van der Waals surface area contributed by atoms with Crippen LogP contribution in [0.1, 0.15) is 10.4 Å². The minimum atomic E-state index is -0.460. The van der Waals surface area contributed by atoms with Crippen molar-refractivity contribution in [1.82, 2.24) is 0 Å². The van der Waals surface area contributed by atoms with Crippen LogP contribution in [0.4, 0.5) is 0 Å². The van der Waals surface area contributed by atoms with Crippen molar-refractivity contribution in [2.75, 3.05) is 20.0 Å². The Hall–Kier alpha value is -1.67. The second-order valence-corrected chi connectivity index (χ2v) is 3.79. The molecule has 0 radical (unpaired) electrons. The average molecular weight is 237 g/mol. The fourth-order valence-corrected chi connectivity index (χ4v) is 1.94. The Bertz CT molecular complexity index is 426. The lowest BCUT2D eigenvalue weighted by Gasteiger charge is -2.10. The Labute approximate surface area is 98.2 Å². The summed E-state index contributed by atoms with van der Waals surface area (Å²) >= 11 is 1.28. The first-order valence-electron chi connectivity index (χ1n) is 4.49. The number of esters is 1. The van der Waals surface area contributed by atoms with Crippen molar-refractivity contribution in [3.63, 3.8) is 0 Å². The minimum absolute atomic E-state index is 0.275. The molecule has 0 atom stereocenters. The zero-order chi connectivity index (χ0) is 12.0. The molecule has 4 nitrogen and oxygen atoms in total. The van der Waals surface area contributed by atoms with Gasteiger partial charge in [0, 0.05) is 4.90 Å². The summed E-state index contributed by atoms with van der Waals surface area (Å²) in [6.45, 7) is 0. The van der Waals surface area contributed by atoms with E-state index in [1.54, 1.807) is 18.2 Å². The minimum Gasteiger partial charge on any atom is -0.496 e. The lowest BCUT2D eigenvalue weighted by atomic mass is 10.2. The molecule has 0 fully saturated rings. The van der Waals surface area contributed by atoms with Crippen LogP contribution in [0, 0.1) is 11.3 Å². The monoisotopic (exact) mass is 237 g/mol. The molecule has 0 unspecified atom stereocenters. The van der Waals surface area contributed by atoms with E-state index in [0.29, 0.717) is 16.2 Å². The Balaban J connectivity index is 3.16. The molecule has 5 heteroatoms. The third-order valence-electron chi connectivity index (χ3n) is 1.89. The maximum atomic E-state index is 11.6. The molecule has 0 amide bonds. The van der Waals surface area contributed by atoms with Crippen LogP contribution < -0.4 is 4.74 Å². The van der Waals surface area contributed by atoms with Crippen molar-refractivity contribution in [2.24, 2.45) is 0 Å². The van der Waals surface area contributed by atoms with Gasteiger partial charge in [-0.3, -0.25) is 0 Å². The van der Waals surface area contributed by atoms with Crippen molar-refractivity contribution >= 4 is 17.7 Å². The van der Waals surface area contributed by atoms with E-state index in [9.17, 15) is 4.79 Å². The first-order chi connectivity index (χ1) is 7.74. The van der Waals surface area contributed by atoms with E-state index in [2.05, 4.69) is 4.74 Å². The summed E-state index contributed by atoms with van der Waals surface area (Å²) in [7, 11) is 2.80. The molecule has 0 spiro atoms. The standard InChI is InChI=1S/C11H11NO3S/c1-14-8-4-3-5-9(16-7-6-12)10(8)11(13)15-2/h3-5H,7H2,1-2H3. The molecule has 0 heterocycles. The van der Waals surface area contributed by atoms with Crippen LogP contribution in [0.3, 0.4) is 0 Å². The second-order valence-electron chi connectivity index (χ2n) is 2.77. The summed E-state index contributed by atoms with van der Waals surface area (Å²) in [6.07, 6.45) is 0. The van der Waals surface area contributed by atoms with Gasteiger partial charge in [0.2, 0.25) is 0 Å². The van der Waals surface area contributed by atoms with Gasteiger partial charge in [0.25, 0.3) is 0 Å². The van der Waals surface area contributed by atoms with Gasteiger partial charge in [-0.25, -0.2) is 4.79 Å². The zero-order valence-electron chi connectivity index (χ0n) is 9.02. The SMILES string of the molecule is COC(=O)c1c(OC)cccc1SCC#N. The molecule has 1 rings (SSSR count). The maximum absolute atomic E-state index is 11.6. The van der Waals surface area contributed by atoms with Gasteiger partial charge < -0.3 is 9.47 Å². The van der Waals surface area contributed by atoms with Crippen molar-refractivity contribution in [3.8, 4) is 11.8 Å². The Morgan fingerprint density at radius 1 is 1.50 bits per heavy atom. The second kappa shape index (κ2) is 6.03. The molecule has 0 aliphatic heterocycles. The van der Waals surface area contributed by atoms with Gasteiger partial charge in [-0.2, -0.15) is 5.26 Å². The van der Waals surface area contributed by atoms with Gasteiger partial charge in [-0.05, 0) is 12.1 Å². The number of nitriles is 1. The number of hydrogen-bond donors (Lipinski definition) is 0. The normalized spacial score (nSPS) is 9.31. The van der Waals surface area contributed by atoms with Crippen LogP contribution >= 0.6 is 11.8 Å². The van der Waals surface area contributed by atoms with Gasteiger partial charge in [0.05, 0.1) is 26.0 Å². The van der Waals surface area contributed by atoms with Crippen molar-refractivity contribution in [3.05, 3.63) is 23.8 Å². The predicted molar refractivity (Wildman–Crippen MR) is 60.7 cm³/mol. The Morgan fingerprint density at radius 3 is 2.81 bits per heavy atom. The molecule has 0 saturated heterocycles. The van der Waals surface area contributed by atoms with Gasteiger partial charge >= 0.3 is 5.97 Å². The van der Waals surface area contributed by atoms with Crippen LogP contribution in [0.15, 0.2) is 23.1 Å². The molecule has 84 valence electrons. The fourth-order valence-electron chi connectivity index (χ4n) is 1.21. The van der Waals surface area contributed by atoms with E-state index in [-0.39, 0.29) is 5.75 Å². The molecular formula is C11H11NO3S. The van der Waals surface area contributed by atoms with Crippen molar-refractivity contribution in [1.29, 1.82) is 5.26 Å². The number of hydrogen-bond acceptors (Lipinski definition) is 5. The first kappa shape index (κ1) is 12.4. The smallest absolute Gasteiger partial charge is 0.342 e. The topological polar surface area (TPSA) is 59.3 Å². The number of benzene rings is 1. The molecule has 0 saturated carbocycles. The molecule has 16 heavy (non-hydrogen) atoms. The molecular weight excluding hydrogens is 226 g/mol. The highest BCUT2D eigenvalue weighted by Crippen LogP contribution is 2.30. The molecule has 0 aliphatic carbocycles. The van der Waals surface area contributed by atoms with Crippen LogP contribution in [0.5, 0.6) is 5.75 Å². The molecule has 0 bridgehead atoms. The highest BCUT2D eigenvalue weighted by atomic mass is 32.2. The van der Waals surface area contributed by atoms with E-state index in [1.165, 1.54) is 26.0 Å². The largest absolute Gasteiger partial charge is 0.496 e. The highest BCUT2D eigenvalue weighted by molar-refractivity contribution is 7.99. The zero-order valence-corrected chi connectivity index (χ0v) is 9.84. The number of thioether (sulfide) groups is 1. The first-order valence-corrected chi connectivity index (χ1v) is 5.48. The van der Waals surface area contributed by atoms with E-state index in [0.717, 1.165) is 0 Å². The number of ether oxygens (including phenoxy) is 2. The Morgan fingerprint density at radius 2 is 2.25 bits per heavy atom. The molecule has 1 aromatic rings. The van der Waals surface area contributed by atoms with Gasteiger partial charge in [0.15, 0.2) is 0 Å². The van der Waals surface area contributed by atoms with Gasteiger partial charge in [-0.1, -0.05) is 6.07 Å². The molecule has 0 aromatic heterocycles. The number of rotatable bonds is 4. The van der Waals surface area contributed by atoms with E-state index >= 15 is 0 Å². The average Bonchev–Trinajstić information content (AvgIpc) is 2.34. The highest BCUT2D eigenvalue weighted by Gasteiger charge is 2.17. The number of nitrogens with zero attached hydrogens (tertiary/aromatic N) is 1. The van der Waals surface area contributed by atoms with Crippen LogP contribution in [-0.4, -0.2) is 25.9 Å². The number of carbonyl (C=O) groups is 1. The summed E-state index contributed by atoms with van der Waals surface area (Å²) in [5.74, 6) is 0.268. The van der Waals surface area contributed by atoms with Crippen LogP contribution in [0.2, 0.25) is 0 Å². The molecule has 1 aromatic carbocycles. The summed E-state index contributed by atoms with van der Waals surface area (Å²) in [4.78, 5) is 12.3. The number of methoxy groups -OCH3 is 2. The molecule has 0 aliphatic rings. The summed E-state index contributed by atoms with van der Waals surface area (Å²) in [5.41, 5.74) is 0.368. The third-order valence-corrected chi connectivity index (χ3v) is 2.81. The van der Waals surface area contributed by atoms with Gasteiger partial charge in [0.1, 0.15) is 11.3 Å². The van der Waals surface area contributed by atoms with E-state index in [4.69, 9.17) is 10.00 Å². The van der Waals surface area contributed by atoms with E-state index < -0.39 is 5.97 Å². The van der Waals surface area contributed by atoms with E-state index in [1.807, 2.05) is 6.07 Å². The van der Waals surface area contributed by atoms with Crippen LogP contribution in [-0.2, 0) is 4.74 Å². The third kappa shape index (κ3) is 2.67. The van der Waals surface area contributed by atoms with Crippen molar-refractivity contribution in [2.45, 2.75) is 4.90 Å².